The average Bonchev–Trinajstić information content (AvgIpc) is 3.13. The number of amides is 1. The van der Waals surface area contributed by atoms with Gasteiger partial charge >= 0.3 is 0 Å². The standard InChI is InChI=1S/C13H21NO2/c15-11-5-7-14(8-6-11)13(16)12(9-1-2-9)10-3-4-10/h9-12,15H,1-8H2. The molecule has 3 rings (SSSR count). The van der Waals surface area contributed by atoms with Crippen LogP contribution in [0.5, 0.6) is 0 Å². The van der Waals surface area contributed by atoms with Crippen molar-refractivity contribution in [3.63, 3.8) is 0 Å². The predicted octanol–water partition coefficient (Wildman–Crippen LogP) is 1.41. The van der Waals surface area contributed by atoms with Crippen molar-refractivity contribution in [2.45, 2.75) is 44.6 Å². The largest absolute Gasteiger partial charge is 0.393 e. The molecule has 0 radical (unpaired) electrons. The highest BCUT2D eigenvalue weighted by Gasteiger charge is 2.47. The van der Waals surface area contributed by atoms with Crippen LogP contribution in [0.15, 0.2) is 0 Å². The van der Waals surface area contributed by atoms with Crippen LogP contribution in [0.3, 0.4) is 0 Å². The molecule has 1 aliphatic heterocycles. The number of hydrogen-bond donors (Lipinski definition) is 1. The van der Waals surface area contributed by atoms with Gasteiger partial charge in [0.25, 0.3) is 0 Å². The smallest absolute Gasteiger partial charge is 0.226 e. The Morgan fingerprint density at radius 1 is 1.00 bits per heavy atom. The fourth-order valence-electron chi connectivity index (χ4n) is 3.00. The second-order valence-corrected chi connectivity index (χ2v) is 5.76. The molecule has 0 spiro atoms. The first-order valence-corrected chi connectivity index (χ1v) is 6.72. The maximum absolute atomic E-state index is 12.4. The second-order valence-electron chi connectivity index (χ2n) is 5.76. The molecular formula is C13H21NO2. The molecule has 2 aliphatic carbocycles. The van der Waals surface area contributed by atoms with Crippen molar-refractivity contribution < 1.29 is 9.90 Å². The topological polar surface area (TPSA) is 40.5 Å². The summed E-state index contributed by atoms with van der Waals surface area (Å²) in [5.74, 6) is 2.14. The second kappa shape index (κ2) is 4.02. The van der Waals surface area contributed by atoms with Gasteiger partial charge in [0, 0.05) is 19.0 Å². The normalized spacial score (nSPS) is 27.5. The highest BCUT2D eigenvalue weighted by molar-refractivity contribution is 5.80. The number of carbonyl (C=O) groups is 1. The summed E-state index contributed by atoms with van der Waals surface area (Å²) in [6, 6.07) is 0. The predicted molar refractivity (Wildman–Crippen MR) is 60.8 cm³/mol. The Labute approximate surface area is 96.8 Å². The zero-order valence-corrected chi connectivity index (χ0v) is 9.77. The molecule has 3 nitrogen and oxygen atoms in total. The van der Waals surface area contributed by atoms with E-state index in [0.717, 1.165) is 25.9 Å². The Balaban J connectivity index is 1.61. The number of aliphatic hydroxyl groups excluding tert-OH is 1. The van der Waals surface area contributed by atoms with Crippen LogP contribution in [0.25, 0.3) is 0 Å². The number of carbonyl (C=O) groups excluding carboxylic acids is 1. The molecule has 1 saturated heterocycles. The number of nitrogens with zero attached hydrogens (tertiary/aromatic N) is 1. The van der Waals surface area contributed by atoms with E-state index in [0.29, 0.717) is 23.7 Å². The Kier molecular flexibility index (Phi) is 2.66. The Hall–Kier alpha value is -0.570. The van der Waals surface area contributed by atoms with Gasteiger partial charge in [0.1, 0.15) is 0 Å². The van der Waals surface area contributed by atoms with E-state index in [4.69, 9.17) is 0 Å². The monoisotopic (exact) mass is 223 g/mol. The van der Waals surface area contributed by atoms with Crippen LogP contribution in [0.1, 0.15) is 38.5 Å². The van der Waals surface area contributed by atoms with Crippen LogP contribution in [0.2, 0.25) is 0 Å². The molecule has 1 N–H and O–H groups in total. The molecule has 0 aromatic rings. The van der Waals surface area contributed by atoms with Crippen molar-refractivity contribution in [1.82, 2.24) is 4.90 Å². The van der Waals surface area contributed by atoms with Gasteiger partial charge in [-0.25, -0.2) is 0 Å². The molecular weight excluding hydrogens is 202 g/mol. The lowest BCUT2D eigenvalue weighted by Crippen LogP contribution is -2.44. The van der Waals surface area contributed by atoms with Crippen LogP contribution in [-0.2, 0) is 4.79 Å². The molecule has 0 aromatic carbocycles. The third-order valence-corrected chi connectivity index (χ3v) is 4.32. The van der Waals surface area contributed by atoms with Crippen molar-refractivity contribution in [1.29, 1.82) is 0 Å². The van der Waals surface area contributed by atoms with Crippen LogP contribution in [0.4, 0.5) is 0 Å². The highest BCUT2D eigenvalue weighted by atomic mass is 16.3. The number of rotatable bonds is 3. The van der Waals surface area contributed by atoms with Crippen LogP contribution in [-0.4, -0.2) is 35.1 Å². The Bertz CT molecular complexity index is 264. The lowest BCUT2D eigenvalue weighted by Gasteiger charge is -2.32. The fraction of sp³-hybridized carbons (Fsp3) is 0.923. The van der Waals surface area contributed by atoms with E-state index < -0.39 is 0 Å². The van der Waals surface area contributed by atoms with E-state index in [1.165, 1.54) is 25.7 Å². The number of piperidine rings is 1. The molecule has 0 unspecified atom stereocenters. The lowest BCUT2D eigenvalue weighted by molar-refractivity contribution is -0.139. The van der Waals surface area contributed by atoms with Crippen LogP contribution < -0.4 is 0 Å². The van der Waals surface area contributed by atoms with E-state index >= 15 is 0 Å². The third kappa shape index (κ3) is 2.10. The number of likely N-dealkylation sites (tertiary alicyclic amines) is 1. The fourth-order valence-corrected chi connectivity index (χ4v) is 3.00. The van der Waals surface area contributed by atoms with Crippen molar-refractivity contribution in [2.75, 3.05) is 13.1 Å². The molecule has 2 saturated carbocycles. The van der Waals surface area contributed by atoms with Gasteiger partial charge in [0.05, 0.1) is 6.10 Å². The van der Waals surface area contributed by atoms with E-state index in [1.54, 1.807) is 0 Å². The van der Waals surface area contributed by atoms with E-state index in [2.05, 4.69) is 0 Å². The SMILES string of the molecule is O=C(C(C1CC1)C1CC1)N1CCC(O)CC1. The minimum absolute atomic E-state index is 0.177. The van der Waals surface area contributed by atoms with Crippen molar-refractivity contribution in [3.8, 4) is 0 Å². The number of aliphatic hydroxyl groups is 1. The van der Waals surface area contributed by atoms with Gasteiger partial charge in [0.15, 0.2) is 0 Å². The maximum Gasteiger partial charge on any atom is 0.226 e. The van der Waals surface area contributed by atoms with Crippen molar-refractivity contribution in [2.24, 2.45) is 17.8 Å². The zero-order valence-electron chi connectivity index (χ0n) is 9.77. The Morgan fingerprint density at radius 2 is 1.50 bits per heavy atom. The summed E-state index contributed by atoms with van der Waals surface area (Å²) in [4.78, 5) is 14.4. The summed E-state index contributed by atoms with van der Waals surface area (Å²) in [5.41, 5.74) is 0. The quantitative estimate of drug-likeness (QED) is 0.786. The summed E-state index contributed by atoms with van der Waals surface area (Å²) in [5, 5.41) is 9.45. The molecule has 0 atom stereocenters. The summed E-state index contributed by atoms with van der Waals surface area (Å²) in [6.07, 6.45) is 6.44. The molecule has 90 valence electrons. The first-order chi connectivity index (χ1) is 7.75. The van der Waals surface area contributed by atoms with Gasteiger partial charge in [0.2, 0.25) is 5.91 Å². The molecule has 1 amide bonds. The van der Waals surface area contributed by atoms with Crippen LogP contribution >= 0.6 is 0 Å². The minimum atomic E-state index is -0.177. The number of hydrogen-bond acceptors (Lipinski definition) is 2. The van der Waals surface area contributed by atoms with Gasteiger partial charge < -0.3 is 10.0 Å². The highest BCUT2D eigenvalue weighted by Crippen LogP contribution is 2.50. The molecule has 0 bridgehead atoms. The lowest BCUT2D eigenvalue weighted by atomic mass is 9.95. The maximum atomic E-state index is 12.4. The average molecular weight is 223 g/mol. The summed E-state index contributed by atoms with van der Waals surface area (Å²) >= 11 is 0. The van der Waals surface area contributed by atoms with E-state index in [9.17, 15) is 9.90 Å². The minimum Gasteiger partial charge on any atom is -0.393 e. The van der Waals surface area contributed by atoms with Gasteiger partial charge in [-0.2, -0.15) is 0 Å². The first kappa shape index (κ1) is 10.6. The summed E-state index contributed by atoms with van der Waals surface area (Å²) < 4.78 is 0. The van der Waals surface area contributed by atoms with Crippen molar-refractivity contribution in [3.05, 3.63) is 0 Å². The zero-order chi connectivity index (χ0) is 11.1. The van der Waals surface area contributed by atoms with Crippen molar-refractivity contribution >= 4 is 5.91 Å². The molecule has 1 heterocycles. The van der Waals surface area contributed by atoms with Gasteiger partial charge in [-0.05, 0) is 50.4 Å². The van der Waals surface area contributed by atoms with Gasteiger partial charge in [-0.15, -0.1) is 0 Å². The molecule has 3 aliphatic rings. The third-order valence-electron chi connectivity index (χ3n) is 4.32. The molecule has 3 fully saturated rings. The molecule has 16 heavy (non-hydrogen) atoms. The molecule has 0 aromatic heterocycles. The first-order valence-electron chi connectivity index (χ1n) is 6.72. The van der Waals surface area contributed by atoms with E-state index in [1.807, 2.05) is 4.90 Å². The Morgan fingerprint density at radius 3 is 1.94 bits per heavy atom. The molecule has 3 heteroatoms. The van der Waals surface area contributed by atoms with Gasteiger partial charge in [-0.3, -0.25) is 4.79 Å². The van der Waals surface area contributed by atoms with Gasteiger partial charge in [-0.1, -0.05) is 0 Å². The van der Waals surface area contributed by atoms with Crippen LogP contribution in [0, 0.1) is 17.8 Å². The summed E-state index contributed by atoms with van der Waals surface area (Å²) in [7, 11) is 0. The summed E-state index contributed by atoms with van der Waals surface area (Å²) in [6.45, 7) is 1.55. The van der Waals surface area contributed by atoms with E-state index in [-0.39, 0.29) is 6.10 Å².